The second-order valence-corrected chi connectivity index (χ2v) is 5.78. The lowest BCUT2D eigenvalue weighted by Gasteiger charge is -2.49. The van der Waals surface area contributed by atoms with Crippen LogP contribution in [0.25, 0.3) is 6.08 Å². The SMILES string of the molecule is CC1(C)C(O)CC1NC(=O)/C=C/c1ccccc1[N+](=O)[O-]. The number of aliphatic hydroxyl groups excluding tert-OH is 1. The fraction of sp³-hybridized carbons (Fsp3) is 0.400. The summed E-state index contributed by atoms with van der Waals surface area (Å²) < 4.78 is 0. The monoisotopic (exact) mass is 290 g/mol. The Hall–Kier alpha value is -2.21. The summed E-state index contributed by atoms with van der Waals surface area (Å²) in [4.78, 5) is 22.2. The number of nitrogens with one attached hydrogen (secondary N) is 1. The number of amides is 1. The second kappa shape index (κ2) is 5.65. The van der Waals surface area contributed by atoms with Gasteiger partial charge in [-0.25, -0.2) is 0 Å². The van der Waals surface area contributed by atoms with E-state index in [9.17, 15) is 20.0 Å². The molecule has 112 valence electrons. The van der Waals surface area contributed by atoms with Crippen LogP contribution in [0.15, 0.2) is 30.3 Å². The number of carbonyl (C=O) groups is 1. The first-order valence-electron chi connectivity index (χ1n) is 6.72. The van der Waals surface area contributed by atoms with E-state index in [1.165, 1.54) is 18.2 Å². The molecule has 0 aliphatic heterocycles. The molecule has 1 aromatic rings. The molecule has 1 aromatic carbocycles. The molecule has 2 unspecified atom stereocenters. The molecular weight excluding hydrogens is 272 g/mol. The number of benzene rings is 1. The van der Waals surface area contributed by atoms with Crippen molar-refractivity contribution in [3.8, 4) is 0 Å². The van der Waals surface area contributed by atoms with Crippen LogP contribution in [0, 0.1) is 15.5 Å². The van der Waals surface area contributed by atoms with Crippen LogP contribution < -0.4 is 5.32 Å². The van der Waals surface area contributed by atoms with Crippen LogP contribution in [-0.4, -0.2) is 28.1 Å². The van der Waals surface area contributed by atoms with Gasteiger partial charge in [0.2, 0.25) is 5.91 Å². The topological polar surface area (TPSA) is 92.5 Å². The molecule has 0 saturated heterocycles. The lowest BCUT2D eigenvalue weighted by molar-refractivity contribution is -0.385. The lowest BCUT2D eigenvalue weighted by atomic mass is 9.64. The van der Waals surface area contributed by atoms with E-state index < -0.39 is 11.0 Å². The number of rotatable bonds is 4. The number of hydrogen-bond acceptors (Lipinski definition) is 4. The van der Waals surface area contributed by atoms with Crippen molar-refractivity contribution in [1.82, 2.24) is 5.32 Å². The Balaban J connectivity index is 2.02. The Labute approximate surface area is 122 Å². The minimum absolute atomic E-state index is 0.0408. The summed E-state index contributed by atoms with van der Waals surface area (Å²) in [7, 11) is 0. The zero-order valence-electron chi connectivity index (χ0n) is 11.9. The normalized spacial score (nSPS) is 23.6. The van der Waals surface area contributed by atoms with Crippen molar-refractivity contribution >= 4 is 17.7 Å². The Morgan fingerprint density at radius 1 is 1.48 bits per heavy atom. The van der Waals surface area contributed by atoms with Gasteiger partial charge in [-0.1, -0.05) is 26.0 Å². The third kappa shape index (κ3) is 3.11. The first-order chi connectivity index (χ1) is 9.82. The van der Waals surface area contributed by atoms with Crippen molar-refractivity contribution in [2.24, 2.45) is 5.41 Å². The molecule has 1 amide bonds. The van der Waals surface area contributed by atoms with Crippen LogP contribution in [0.1, 0.15) is 25.8 Å². The summed E-state index contributed by atoms with van der Waals surface area (Å²) in [5, 5.41) is 23.3. The third-order valence-corrected chi connectivity index (χ3v) is 4.08. The highest BCUT2D eigenvalue weighted by Gasteiger charge is 2.47. The minimum Gasteiger partial charge on any atom is -0.392 e. The van der Waals surface area contributed by atoms with Gasteiger partial charge >= 0.3 is 0 Å². The molecule has 0 aromatic heterocycles. The molecule has 1 fully saturated rings. The molecule has 1 aliphatic rings. The van der Waals surface area contributed by atoms with Crippen LogP contribution in [-0.2, 0) is 4.79 Å². The molecule has 21 heavy (non-hydrogen) atoms. The van der Waals surface area contributed by atoms with Gasteiger partial charge in [0, 0.05) is 23.6 Å². The average molecular weight is 290 g/mol. The number of carbonyl (C=O) groups excluding carboxylic acids is 1. The number of aliphatic hydroxyl groups is 1. The maximum atomic E-state index is 11.8. The third-order valence-electron chi connectivity index (χ3n) is 4.08. The van der Waals surface area contributed by atoms with Crippen LogP contribution >= 0.6 is 0 Å². The Morgan fingerprint density at radius 2 is 2.14 bits per heavy atom. The fourth-order valence-electron chi connectivity index (χ4n) is 2.33. The van der Waals surface area contributed by atoms with E-state index in [-0.39, 0.29) is 23.1 Å². The fourth-order valence-corrected chi connectivity index (χ4v) is 2.33. The lowest BCUT2D eigenvalue weighted by Crippen LogP contribution is -2.60. The highest BCUT2D eigenvalue weighted by Crippen LogP contribution is 2.40. The van der Waals surface area contributed by atoms with Gasteiger partial charge in [0.05, 0.1) is 16.6 Å². The quantitative estimate of drug-likeness (QED) is 0.503. The van der Waals surface area contributed by atoms with Gasteiger partial charge in [0.15, 0.2) is 0 Å². The molecule has 0 spiro atoms. The number of nitrogens with zero attached hydrogens (tertiary/aromatic N) is 1. The zero-order chi connectivity index (χ0) is 15.6. The van der Waals surface area contributed by atoms with Gasteiger partial charge in [-0.3, -0.25) is 14.9 Å². The van der Waals surface area contributed by atoms with Gasteiger partial charge in [-0.15, -0.1) is 0 Å². The van der Waals surface area contributed by atoms with Crippen molar-refractivity contribution in [2.45, 2.75) is 32.4 Å². The molecule has 1 saturated carbocycles. The number of para-hydroxylation sites is 1. The molecule has 6 nitrogen and oxygen atoms in total. The highest BCUT2D eigenvalue weighted by molar-refractivity contribution is 5.92. The molecular formula is C15H18N2O4. The summed E-state index contributed by atoms with van der Waals surface area (Å²) >= 11 is 0. The van der Waals surface area contributed by atoms with E-state index in [2.05, 4.69) is 5.32 Å². The standard InChI is InChI=1S/C15H18N2O4/c1-15(2)12(9-13(15)18)16-14(19)8-7-10-5-3-4-6-11(10)17(20)21/h3-8,12-13,18H,9H2,1-2H3,(H,16,19)/b8-7+. The molecule has 1 aliphatic carbocycles. The maximum Gasteiger partial charge on any atom is 0.276 e. The predicted molar refractivity (Wildman–Crippen MR) is 78.5 cm³/mol. The number of nitro benzene ring substituents is 1. The van der Waals surface area contributed by atoms with E-state index >= 15 is 0 Å². The van der Waals surface area contributed by atoms with Crippen molar-refractivity contribution in [2.75, 3.05) is 0 Å². The van der Waals surface area contributed by atoms with Crippen LogP contribution in [0.3, 0.4) is 0 Å². The summed E-state index contributed by atoms with van der Waals surface area (Å²) in [5.74, 6) is -0.321. The summed E-state index contributed by atoms with van der Waals surface area (Å²) in [6, 6.07) is 6.14. The molecule has 0 heterocycles. The Bertz CT molecular complexity index is 595. The number of hydrogen-bond donors (Lipinski definition) is 2. The first-order valence-corrected chi connectivity index (χ1v) is 6.72. The first kappa shape index (κ1) is 15.2. The van der Waals surface area contributed by atoms with E-state index in [0.29, 0.717) is 12.0 Å². The zero-order valence-corrected chi connectivity index (χ0v) is 11.9. The van der Waals surface area contributed by atoms with Gasteiger partial charge in [0.25, 0.3) is 5.69 Å². The molecule has 0 radical (unpaired) electrons. The largest absolute Gasteiger partial charge is 0.392 e. The van der Waals surface area contributed by atoms with E-state index in [1.54, 1.807) is 18.2 Å². The van der Waals surface area contributed by atoms with Gasteiger partial charge < -0.3 is 10.4 Å². The second-order valence-electron chi connectivity index (χ2n) is 5.78. The smallest absolute Gasteiger partial charge is 0.276 e. The summed E-state index contributed by atoms with van der Waals surface area (Å²) in [6.45, 7) is 3.77. The van der Waals surface area contributed by atoms with Crippen molar-refractivity contribution in [1.29, 1.82) is 0 Å². The van der Waals surface area contributed by atoms with Crippen molar-refractivity contribution in [3.63, 3.8) is 0 Å². The van der Waals surface area contributed by atoms with E-state index in [0.717, 1.165) is 0 Å². The van der Waals surface area contributed by atoms with E-state index in [1.807, 2.05) is 13.8 Å². The average Bonchev–Trinajstić information content (AvgIpc) is 2.45. The number of nitro groups is 1. The molecule has 0 bridgehead atoms. The molecule has 2 rings (SSSR count). The van der Waals surface area contributed by atoms with Crippen LogP contribution in [0.5, 0.6) is 0 Å². The molecule has 2 atom stereocenters. The van der Waals surface area contributed by atoms with Gasteiger partial charge in [0.1, 0.15) is 0 Å². The summed E-state index contributed by atoms with van der Waals surface area (Å²) in [6.07, 6.45) is 2.82. The van der Waals surface area contributed by atoms with Crippen LogP contribution in [0.4, 0.5) is 5.69 Å². The predicted octanol–water partition coefficient (Wildman–Crippen LogP) is 1.88. The molecule has 2 N–H and O–H groups in total. The van der Waals surface area contributed by atoms with Crippen molar-refractivity contribution in [3.05, 3.63) is 46.0 Å². The van der Waals surface area contributed by atoms with E-state index in [4.69, 9.17) is 0 Å². The molecule has 6 heteroatoms. The Morgan fingerprint density at radius 3 is 2.71 bits per heavy atom. The van der Waals surface area contributed by atoms with Gasteiger partial charge in [-0.05, 0) is 18.6 Å². The van der Waals surface area contributed by atoms with Crippen LogP contribution in [0.2, 0.25) is 0 Å². The minimum atomic E-state index is -0.483. The highest BCUT2D eigenvalue weighted by atomic mass is 16.6. The maximum absolute atomic E-state index is 11.8. The van der Waals surface area contributed by atoms with Crippen molar-refractivity contribution < 1.29 is 14.8 Å². The summed E-state index contributed by atoms with van der Waals surface area (Å²) in [5.41, 5.74) is -0.00564. The van der Waals surface area contributed by atoms with Gasteiger partial charge in [-0.2, -0.15) is 0 Å². The Kier molecular flexibility index (Phi) is 4.09.